The summed E-state index contributed by atoms with van der Waals surface area (Å²) in [6.07, 6.45) is 1.81. The first-order valence-electron chi connectivity index (χ1n) is 16.7. The smallest absolute Gasteiger partial charge is 0.265 e. The van der Waals surface area contributed by atoms with Gasteiger partial charge in [-0.05, 0) is 111 Å². The molecule has 0 atom stereocenters. The predicted octanol–water partition coefficient (Wildman–Crippen LogP) is 8.83. The average molecular weight is 707 g/mol. The number of H-pyrrole nitrogens is 1. The molecule has 4 heterocycles. The molecule has 0 bridgehead atoms. The summed E-state index contributed by atoms with van der Waals surface area (Å²) in [5.41, 5.74) is 7.44. The summed E-state index contributed by atoms with van der Waals surface area (Å²) in [6, 6.07) is 35.0. The van der Waals surface area contributed by atoms with Crippen molar-refractivity contribution in [1.29, 1.82) is 0 Å². The third-order valence-electron chi connectivity index (χ3n) is 9.76. The minimum absolute atomic E-state index is 0.290. The highest BCUT2D eigenvalue weighted by atomic mass is 32.1. The van der Waals surface area contributed by atoms with Crippen LogP contribution < -0.4 is 16.4 Å². The molecular formula is C41H34N6O2S2. The van der Waals surface area contributed by atoms with Gasteiger partial charge in [-0.25, -0.2) is 0 Å². The van der Waals surface area contributed by atoms with Gasteiger partial charge in [-0.2, -0.15) is 0 Å². The van der Waals surface area contributed by atoms with Gasteiger partial charge in [0, 0.05) is 11.9 Å². The van der Waals surface area contributed by atoms with E-state index in [1.165, 1.54) is 0 Å². The maximum Gasteiger partial charge on any atom is 0.265 e. The number of anilines is 2. The molecule has 0 radical (unpaired) electrons. The molecule has 3 aromatic heterocycles. The fraction of sp³-hybridized carbons (Fsp3) is 0.122. The molecule has 0 aliphatic carbocycles. The van der Waals surface area contributed by atoms with Gasteiger partial charge < -0.3 is 10.3 Å². The summed E-state index contributed by atoms with van der Waals surface area (Å²) >= 11 is 12.5. The summed E-state index contributed by atoms with van der Waals surface area (Å²) in [5.74, 6) is 0.121. The number of nitrogens with one attached hydrogen (secondary N) is 2. The number of nitrogens with zero attached hydrogens (tertiary/aromatic N) is 4. The van der Waals surface area contributed by atoms with E-state index in [1.807, 2.05) is 152 Å². The Balaban J connectivity index is 1.61. The standard InChI is InChI=1S/C41H34N6O2S2/c1-24-14-5-9-19-29(24)44-36-34(38(48)46(40(44)50)31-21-11-7-16-26(31)3)33(28-18-13-23-42-28)35-37(43-36)45(30-20-10-6-15-25(30)2)41(51)47(39(35)49)32-22-12-8-17-27(32)4/h5-23,33,42-43H,1-4H3. The summed E-state index contributed by atoms with van der Waals surface area (Å²) < 4.78 is 7.61. The third kappa shape index (κ3) is 5.01. The van der Waals surface area contributed by atoms with Gasteiger partial charge in [-0.3, -0.25) is 27.9 Å². The van der Waals surface area contributed by atoms with Gasteiger partial charge in [-0.15, -0.1) is 0 Å². The van der Waals surface area contributed by atoms with Crippen LogP contribution in [0.3, 0.4) is 0 Å². The van der Waals surface area contributed by atoms with E-state index in [4.69, 9.17) is 24.4 Å². The van der Waals surface area contributed by atoms with Crippen LogP contribution in [0.5, 0.6) is 0 Å². The van der Waals surface area contributed by atoms with Gasteiger partial charge in [0.2, 0.25) is 0 Å². The lowest BCUT2D eigenvalue weighted by atomic mass is 9.87. The van der Waals surface area contributed by atoms with Gasteiger partial charge >= 0.3 is 0 Å². The van der Waals surface area contributed by atoms with Crippen molar-refractivity contribution in [2.24, 2.45) is 0 Å². The highest BCUT2D eigenvalue weighted by Gasteiger charge is 2.39. The Morgan fingerprint density at radius 1 is 0.490 bits per heavy atom. The fourth-order valence-electron chi connectivity index (χ4n) is 7.24. The SMILES string of the molecule is Cc1ccccc1-n1c2c(c(=O)n(-c3ccccc3C)c1=S)C(c1ccc[nH]1)c1c(n(-c3ccccc3C)c(=S)n(-c3ccccc3C)c1=O)N2. The first-order chi connectivity index (χ1) is 24.7. The first kappa shape index (κ1) is 32.4. The van der Waals surface area contributed by atoms with Crippen LogP contribution in [0.4, 0.5) is 11.6 Å². The maximum absolute atomic E-state index is 15.3. The van der Waals surface area contributed by atoms with Crippen LogP contribution in [-0.2, 0) is 0 Å². The van der Waals surface area contributed by atoms with E-state index in [0.717, 1.165) is 33.6 Å². The van der Waals surface area contributed by atoms with Crippen LogP contribution in [0.25, 0.3) is 22.7 Å². The molecule has 0 saturated carbocycles. The van der Waals surface area contributed by atoms with Crippen molar-refractivity contribution in [2.75, 3.05) is 5.32 Å². The Hall–Kier alpha value is -5.84. The molecule has 0 fully saturated rings. The van der Waals surface area contributed by atoms with E-state index in [1.54, 1.807) is 9.13 Å². The van der Waals surface area contributed by atoms with Crippen molar-refractivity contribution in [3.05, 3.63) is 185 Å². The highest BCUT2D eigenvalue weighted by molar-refractivity contribution is 7.71. The lowest BCUT2D eigenvalue weighted by molar-refractivity contribution is 0.736. The van der Waals surface area contributed by atoms with Crippen molar-refractivity contribution in [3.8, 4) is 22.7 Å². The topological polar surface area (TPSA) is 81.7 Å². The molecule has 10 heteroatoms. The van der Waals surface area contributed by atoms with Crippen LogP contribution in [0, 0.1) is 37.2 Å². The number of benzene rings is 4. The second-order valence-electron chi connectivity index (χ2n) is 12.9. The largest absolute Gasteiger partial charge is 0.364 e. The lowest BCUT2D eigenvalue weighted by Crippen LogP contribution is -2.39. The zero-order valence-electron chi connectivity index (χ0n) is 28.5. The maximum atomic E-state index is 15.3. The van der Waals surface area contributed by atoms with E-state index in [-0.39, 0.29) is 20.7 Å². The van der Waals surface area contributed by atoms with Crippen LogP contribution in [0.15, 0.2) is 125 Å². The molecule has 7 aromatic rings. The molecule has 0 unspecified atom stereocenters. The Morgan fingerprint density at radius 3 is 1.18 bits per heavy atom. The minimum Gasteiger partial charge on any atom is -0.364 e. The van der Waals surface area contributed by atoms with Crippen LogP contribution in [-0.4, -0.2) is 23.3 Å². The second kappa shape index (κ2) is 12.5. The Kier molecular flexibility index (Phi) is 7.93. The van der Waals surface area contributed by atoms with Gasteiger partial charge in [0.25, 0.3) is 11.1 Å². The van der Waals surface area contributed by atoms with Crippen molar-refractivity contribution in [3.63, 3.8) is 0 Å². The second-order valence-corrected chi connectivity index (χ2v) is 13.6. The lowest BCUT2D eigenvalue weighted by Gasteiger charge is -2.34. The van der Waals surface area contributed by atoms with E-state index in [9.17, 15) is 0 Å². The highest BCUT2D eigenvalue weighted by Crippen LogP contribution is 2.44. The van der Waals surface area contributed by atoms with E-state index in [2.05, 4.69) is 10.3 Å². The molecule has 51 heavy (non-hydrogen) atoms. The summed E-state index contributed by atoms with van der Waals surface area (Å²) in [4.78, 5) is 33.9. The minimum atomic E-state index is -0.825. The van der Waals surface area contributed by atoms with E-state index < -0.39 is 5.92 Å². The van der Waals surface area contributed by atoms with Crippen LogP contribution in [0.1, 0.15) is 45.0 Å². The van der Waals surface area contributed by atoms with Crippen molar-refractivity contribution < 1.29 is 0 Å². The van der Waals surface area contributed by atoms with Gasteiger partial charge in [0.05, 0.1) is 39.8 Å². The first-order valence-corrected chi connectivity index (χ1v) is 17.5. The van der Waals surface area contributed by atoms with E-state index >= 15 is 9.59 Å². The monoisotopic (exact) mass is 706 g/mol. The molecule has 0 saturated heterocycles. The number of para-hydroxylation sites is 4. The normalized spacial score (nSPS) is 12.3. The molecule has 252 valence electrons. The van der Waals surface area contributed by atoms with Gasteiger partial charge in [-0.1, -0.05) is 72.8 Å². The third-order valence-corrected chi connectivity index (χ3v) is 10.5. The molecular weight excluding hydrogens is 673 g/mol. The number of aromatic nitrogens is 5. The molecule has 8 nitrogen and oxygen atoms in total. The molecule has 8 rings (SSSR count). The molecule has 0 amide bonds. The number of fused-ring (bicyclic) bond motifs is 2. The Morgan fingerprint density at radius 2 is 0.843 bits per heavy atom. The number of hydrogen-bond acceptors (Lipinski definition) is 5. The number of rotatable bonds is 5. The molecule has 4 aromatic carbocycles. The molecule has 0 spiro atoms. The fourth-order valence-corrected chi connectivity index (χ4v) is 7.98. The van der Waals surface area contributed by atoms with Crippen molar-refractivity contribution in [2.45, 2.75) is 33.6 Å². The van der Waals surface area contributed by atoms with Crippen molar-refractivity contribution in [1.82, 2.24) is 23.3 Å². The van der Waals surface area contributed by atoms with Crippen LogP contribution >= 0.6 is 24.4 Å². The number of aromatic amines is 1. The van der Waals surface area contributed by atoms with Gasteiger partial charge in [0.15, 0.2) is 9.54 Å². The van der Waals surface area contributed by atoms with E-state index in [0.29, 0.717) is 39.8 Å². The zero-order chi connectivity index (χ0) is 35.6. The summed E-state index contributed by atoms with van der Waals surface area (Å²) in [6.45, 7) is 7.95. The Labute approximate surface area is 304 Å². The van der Waals surface area contributed by atoms with Gasteiger partial charge in [0.1, 0.15) is 11.6 Å². The number of hydrogen-bond donors (Lipinski definition) is 2. The Bertz CT molecular complexity index is 2600. The summed E-state index contributed by atoms with van der Waals surface area (Å²) in [7, 11) is 0. The molecule has 2 N–H and O–H groups in total. The molecule has 1 aliphatic heterocycles. The number of aryl methyl sites for hydroxylation is 4. The van der Waals surface area contributed by atoms with Crippen molar-refractivity contribution >= 4 is 36.1 Å². The zero-order valence-corrected chi connectivity index (χ0v) is 30.1. The average Bonchev–Trinajstić information content (AvgIpc) is 3.66. The summed E-state index contributed by atoms with van der Waals surface area (Å²) in [5, 5.41) is 3.62. The molecule has 1 aliphatic rings. The van der Waals surface area contributed by atoms with Crippen LogP contribution in [0.2, 0.25) is 0 Å². The predicted molar refractivity (Wildman–Crippen MR) is 208 cm³/mol. The quantitative estimate of drug-likeness (QED) is 0.175.